The van der Waals surface area contributed by atoms with Gasteiger partial charge in [-0.1, -0.05) is 12.2 Å². The highest BCUT2D eigenvalue weighted by Crippen LogP contribution is 2.16. The summed E-state index contributed by atoms with van der Waals surface area (Å²) in [4.78, 5) is 7.06. The van der Waals surface area contributed by atoms with Crippen molar-refractivity contribution in [2.24, 2.45) is 5.73 Å². The molecule has 0 aromatic carbocycles. The Balaban J connectivity index is 1.86. The summed E-state index contributed by atoms with van der Waals surface area (Å²) < 4.78 is 7.24. The van der Waals surface area contributed by atoms with Crippen molar-refractivity contribution in [2.45, 2.75) is 6.10 Å². The second-order valence-electron chi connectivity index (χ2n) is 4.13. The first-order valence-electron chi connectivity index (χ1n) is 5.70. The molecule has 1 fully saturated rings. The van der Waals surface area contributed by atoms with Crippen molar-refractivity contribution in [3.8, 4) is 0 Å². The molecule has 2 N–H and O–H groups in total. The molecule has 2 aromatic heterocycles. The summed E-state index contributed by atoms with van der Waals surface area (Å²) in [5.74, 6) is 0.896. The quantitative estimate of drug-likeness (QED) is 0.782. The zero-order valence-electron chi connectivity index (χ0n) is 9.69. The van der Waals surface area contributed by atoms with Gasteiger partial charge < -0.3 is 15.4 Å². The molecule has 0 aliphatic carbocycles. The third-order valence-electron chi connectivity index (χ3n) is 2.95. The number of fused-ring (bicyclic) bond motifs is 1. The van der Waals surface area contributed by atoms with Gasteiger partial charge in [-0.15, -0.1) is 0 Å². The molecule has 0 bridgehead atoms. The Morgan fingerprint density at radius 1 is 1.50 bits per heavy atom. The second-order valence-corrected chi connectivity index (χ2v) is 4.60. The Morgan fingerprint density at radius 3 is 3.22 bits per heavy atom. The highest BCUT2D eigenvalue weighted by molar-refractivity contribution is 7.80. The van der Waals surface area contributed by atoms with Crippen molar-refractivity contribution in [1.82, 2.24) is 14.6 Å². The van der Waals surface area contributed by atoms with Crippen LogP contribution in [0, 0.1) is 0 Å². The van der Waals surface area contributed by atoms with Crippen molar-refractivity contribution in [1.29, 1.82) is 0 Å². The van der Waals surface area contributed by atoms with Gasteiger partial charge in [0.15, 0.2) is 5.65 Å². The van der Waals surface area contributed by atoms with Crippen LogP contribution in [0.25, 0.3) is 5.65 Å². The number of anilines is 1. The fraction of sp³-hybridized carbons (Fsp3) is 0.364. The Labute approximate surface area is 109 Å². The van der Waals surface area contributed by atoms with Crippen LogP contribution in [0.2, 0.25) is 0 Å². The molecule has 18 heavy (non-hydrogen) atoms. The molecule has 1 aliphatic heterocycles. The van der Waals surface area contributed by atoms with Crippen LogP contribution in [0.4, 0.5) is 5.82 Å². The first-order valence-corrected chi connectivity index (χ1v) is 6.11. The summed E-state index contributed by atoms with van der Waals surface area (Å²) in [6.45, 7) is 2.04. The monoisotopic (exact) mass is 263 g/mol. The molecule has 94 valence electrons. The molecule has 1 aliphatic rings. The zero-order valence-corrected chi connectivity index (χ0v) is 10.5. The van der Waals surface area contributed by atoms with Crippen LogP contribution >= 0.6 is 12.2 Å². The summed E-state index contributed by atoms with van der Waals surface area (Å²) in [5.41, 5.74) is 6.45. The van der Waals surface area contributed by atoms with Gasteiger partial charge >= 0.3 is 0 Å². The number of ether oxygens (including phenoxy) is 1. The highest BCUT2D eigenvalue weighted by Gasteiger charge is 2.23. The van der Waals surface area contributed by atoms with E-state index in [0.29, 0.717) is 18.1 Å². The van der Waals surface area contributed by atoms with Crippen molar-refractivity contribution in [3.05, 3.63) is 24.5 Å². The molecule has 3 rings (SSSR count). The van der Waals surface area contributed by atoms with E-state index in [1.165, 1.54) is 0 Å². The molecule has 6 nitrogen and oxygen atoms in total. The van der Waals surface area contributed by atoms with E-state index in [2.05, 4.69) is 15.0 Å². The average Bonchev–Trinajstić information content (AvgIpc) is 2.86. The third kappa shape index (κ3) is 2.02. The summed E-state index contributed by atoms with van der Waals surface area (Å²) in [5, 5.41) is 4.12. The smallest absolute Gasteiger partial charge is 0.157 e. The van der Waals surface area contributed by atoms with Gasteiger partial charge in [0.25, 0.3) is 0 Å². The van der Waals surface area contributed by atoms with E-state index in [1.54, 1.807) is 10.7 Å². The standard InChI is InChI=1S/C11H13N5OS/c12-11(18)8-7-15(5-6-17-8)9-2-4-16-10(14-9)1-3-13-16/h1-4,8H,5-7H2,(H2,12,18). The van der Waals surface area contributed by atoms with Gasteiger partial charge in [-0.25, -0.2) is 9.50 Å². The number of aromatic nitrogens is 3. The lowest BCUT2D eigenvalue weighted by Gasteiger charge is -2.33. The van der Waals surface area contributed by atoms with Crippen molar-refractivity contribution in [2.75, 3.05) is 24.6 Å². The summed E-state index contributed by atoms with van der Waals surface area (Å²) in [6, 6.07) is 3.80. The molecule has 0 spiro atoms. The largest absolute Gasteiger partial charge is 0.391 e. The van der Waals surface area contributed by atoms with Gasteiger partial charge in [0.05, 0.1) is 19.3 Å². The zero-order chi connectivity index (χ0) is 12.5. The Hall–Kier alpha value is -1.73. The molecule has 0 amide bonds. The summed E-state index contributed by atoms with van der Waals surface area (Å²) in [7, 11) is 0. The van der Waals surface area contributed by atoms with Crippen LogP contribution in [-0.2, 0) is 4.74 Å². The van der Waals surface area contributed by atoms with Gasteiger partial charge in [0, 0.05) is 18.8 Å². The van der Waals surface area contributed by atoms with E-state index in [0.717, 1.165) is 18.0 Å². The predicted octanol–water partition coefficient (Wildman–Crippen LogP) is 0.221. The van der Waals surface area contributed by atoms with E-state index in [4.69, 9.17) is 22.7 Å². The highest BCUT2D eigenvalue weighted by atomic mass is 32.1. The minimum absolute atomic E-state index is 0.198. The maximum Gasteiger partial charge on any atom is 0.157 e. The first-order chi connectivity index (χ1) is 8.74. The number of hydrogen-bond donors (Lipinski definition) is 1. The maximum absolute atomic E-state index is 5.63. The van der Waals surface area contributed by atoms with Crippen molar-refractivity contribution >= 4 is 28.7 Å². The van der Waals surface area contributed by atoms with Crippen molar-refractivity contribution in [3.63, 3.8) is 0 Å². The van der Waals surface area contributed by atoms with Crippen LogP contribution < -0.4 is 10.6 Å². The lowest BCUT2D eigenvalue weighted by Crippen LogP contribution is -2.48. The summed E-state index contributed by atoms with van der Waals surface area (Å²) >= 11 is 4.97. The topological polar surface area (TPSA) is 68.7 Å². The maximum atomic E-state index is 5.63. The Kier molecular flexibility index (Phi) is 2.85. The molecule has 0 radical (unpaired) electrons. The van der Waals surface area contributed by atoms with Gasteiger partial charge in [0.2, 0.25) is 0 Å². The number of nitrogens with two attached hydrogens (primary N) is 1. The van der Waals surface area contributed by atoms with Crippen molar-refractivity contribution < 1.29 is 4.74 Å². The van der Waals surface area contributed by atoms with Gasteiger partial charge in [-0.05, 0) is 6.07 Å². The van der Waals surface area contributed by atoms with Crippen LogP contribution in [-0.4, -0.2) is 45.4 Å². The molecular weight excluding hydrogens is 250 g/mol. The Morgan fingerprint density at radius 2 is 2.39 bits per heavy atom. The molecule has 1 unspecified atom stereocenters. The van der Waals surface area contributed by atoms with Gasteiger partial charge in [-0.3, -0.25) is 0 Å². The van der Waals surface area contributed by atoms with E-state index in [-0.39, 0.29) is 6.10 Å². The molecular formula is C11H13N5OS. The van der Waals surface area contributed by atoms with E-state index in [1.807, 2.05) is 18.3 Å². The number of morpholine rings is 1. The number of thiocarbonyl (C=S) groups is 1. The van der Waals surface area contributed by atoms with Crippen LogP contribution in [0.5, 0.6) is 0 Å². The fourth-order valence-corrected chi connectivity index (χ4v) is 2.15. The summed E-state index contributed by atoms with van der Waals surface area (Å²) in [6.07, 6.45) is 3.42. The van der Waals surface area contributed by atoms with Crippen LogP contribution in [0.15, 0.2) is 24.5 Å². The number of rotatable bonds is 2. The molecule has 1 atom stereocenters. The van der Waals surface area contributed by atoms with E-state index < -0.39 is 0 Å². The lowest BCUT2D eigenvalue weighted by molar-refractivity contribution is 0.0844. The van der Waals surface area contributed by atoms with Crippen LogP contribution in [0.3, 0.4) is 0 Å². The Bertz CT molecular complexity index is 584. The molecule has 7 heteroatoms. The number of nitrogens with zero attached hydrogens (tertiary/aromatic N) is 4. The molecule has 1 saturated heterocycles. The second kappa shape index (κ2) is 4.51. The number of hydrogen-bond acceptors (Lipinski definition) is 5. The fourth-order valence-electron chi connectivity index (χ4n) is 2.01. The minimum Gasteiger partial charge on any atom is -0.391 e. The SMILES string of the molecule is NC(=S)C1CN(c2ccn3nccc3n2)CCO1. The average molecular weight is 263 g/mol. The normalized spacial score (nSPS) is 20.2. The minimum atomic E-state index is -0.198. The lowest BCUT2D eigenvalue weighted by atomic mass is 10.2. The predicted molar refractivity (Wildman–Crippen MR) is 71.7 cm³/mol. The van der Waals surface area contributed by atoms with Gasteiger partial charge in [0.1, 0.15) is 16.9 Å². The van der Waals surface area contributed by atoms with E-state index >= 15 is 0 Å². The third-order valence-corrected chi connectivity index (χ3v) is 3.21. The van der Waals surface area contributed by atoms with E-state index in [9.17, 15) is 0 Å². The molecule has 2 aromatic rings. The molecule has 3 heterocycles. The van der Waals surface area contributed by atoms with Crippen LogP contribution in [0.1, 0.15) is 0 Å². The first kappa shape index (κ1) is 11.4. The molecule has 0 saturated carbocycles. The van der Waals surface area contributed by atoms with Gasteiger partial charge in [-0.2, -0.15) is 5.10 Å².